The number of hydroxylamine groups is 2. The van der Waals surface area contributed by atoms with Crippen molar-refractivity contribution in [2.45, 2.75) is 24.9 Å². The molecule has 13 heteroatoms. The second-order valence-electron chi connectivity index (χ2n) is 6.72. The van der Waals surface area contributed by atoms with Gasteiger partial charge in [0.05, 0.1) is 6.04 Å². The molecule has 2 unspecified atom stereocenters. The number of carbonyl (C=O) groups is 1. The predicted octanol–water partition coefficient (Wildman–Crippen LogP) is -0.503. The number of rotatable bonds is 4. The van der Waals surface area contributed by atoms with E-state index in [0.29, 0.717) is 29.8 Å². The zero-order chi connectivity index (χ0) is 18.5. The largest absolute Gasteiger partial charge is 0.418 e. The molecule has 4 heterocycles. The standard InChI is InChI=1S/C13H20N6O6S/c1-16-4-6-17(7-5-16)12-15-14-11(24-12)10-3-2-9-8-18(10)13(20)19(9)25-26(21,22)23/h9-10H,2-8H2,1H3,(H,21,22,23). The third kappa shape index (κ3) is 3.22. The van der Waals surface area contributed by atoms with Gasteiger partial charge < -0.3 is 19.1 Å². The Bertz CT molecular complexity index is 791. The molecule has 2 bridgehead atoms. The van der Waals surface area contributed by atoms with Gasteiger partial charge in [0.15, 0.2) is 0 Å². The highest BCUT2D eigenvalue weighted by molar-refractivity contribution is 7.80. The monoisotopic (exact) mass is 388 g/mol. The molecule has 26 heavy (non-hydrogen) atoms. The van der Waals surface area contributed by atoms with Crippen LogP contribution in [0, 0.1) is 0 Å². The molecule has 2 atom stereocenters. The van der Waals surface area contributed by atoms with Crippen LogP contribution in [-0.4, -0.2) is 89.9 Å². The summed E-state index contributed by atoms with van der Waals surface area (Å²) in [5.74, 6) is 0.319. The quantitative estimate of drug-likeness (QED) is 0.673. The van der Waals surface area contributed by atoms with Gasteiger partial charge in [-0.2, -0.15) is 13.5 Å². The highest BCUT2D eigenvalue weighted by atomic mass is 32.3. The first-order chi connectivity index (χ1) is 12.3. The molecule has 12 nitrogen and oxygen atoms in total. The molecule has 0 radical (unpaired) electrons. The fraction of sp³-hybridized carbons (Fsp3) is 0.769. The minimum absolute atomic E-state index is 0.269. The van der Waals surface area contributed by atoms with E-state index in [0.717, 1.165) is 26.2 Å². The van der Waals surface area contributed by atoms with Gasteiger partial charge in [-0.05, 0) is 19.9 Å². The molecule has 144 valence electrons. The van der Waals surface area contributed by atoms with E-state index in [1.54, 1.807) is 0 Å². The fourth-order valence-electron chi connectivity index (χ4n) is 3.57. The van der Waals surface area contributed by atoms with Crippen LogP contribution in [-0.2, 0) is 14.7 Å². The third-order valence-electron chi connectivity index (χ3n) is 4.99. The molecule has 0 saturated carbocycles. The molecule has 2 amide bonds. The van der Waals surface area contributed by atoms with E-state index in [1.165, 1.54) is 4.90 Å². The Hall–Kier alpha value is -1.96. The summed E-state index contributed by atoms with van der Waals surface area (Å²) in [6.45, 7) is 3.63. The zero-order valence-corrected chi connectivity index (χ0v) is 15.0. The van der Waals surface area contributed by atoms with Crippen molar-refractivity contribution in [1.29, 1.82) is 0 Å². The average Bonchev–Trinajstić information content (AvgIpc) is 3.15. The van der Waals surface area contributed by atoms with Crippen LogP contribution in [0.2, 0.25) is 0 Å². The number of carbonyl (C=O) groups excluding carboxylic acids is 1. The Morgan fingerprint density at radius 1 is 1.19 bits per heavy atom. The maximum Gasteiger partial charge on any atom is 0.418 e. The first-order valence-corrected chi connectivity index (χ1v) is 9.72. The average molecular weight is 388 g/mol. The van der Waals surface area contributed by atoms with Gasteiger partial charge in [0.1, 0.15) is 6.04 Å². The van der Waals surface area contributed by atoms with Crippen molar-refractivity contribution in [2.24, 2.45) is 0 Å². The van der Waals surface area contributed by atoms with Crippen LogP contribution in [0.4, 0.5) is 10.8 Å². The maximum atomic E-state index is 12.4. The number of hydrogen-bond acceptors (Lipinski definition) is 9. The number of piperidine rings is 1. The molecular weight excluding hydrogens is 368 g/mol. The van der Waals surface area contributed by atoms with Crippen molar-refractivity contribution >= 4 is 22.4 Å². The predicted molar refractivity (Wildman–Crippen MR) is 86.3 cm³/mol. The second-order valence-corrected chi connectivity index (χ2v) is 7.73. The smallest absolute Gasteiger partial charge is 0.406 e. The summed E-state index contributed by atoms with van der Waals surface area (Å²) >= 11 is 0. The number of fused-ring (bicyclic) bond motifs is 2. The molecule has 1 N–H and O–H groups in total. The van der Waals surface area contributed by atoms with Gasteiger partial charge in [-0.25, -0.2) is 4.79 Å². The molecule has 1 aromatic heterocycles. The van der Waals surface area contributed by atoms with Crippen LogP contribution in [0.1, 0.15) is 24.8 Å². The summed E-state index contributed by atoms with van der Waals surface area (Å²) in [5.41, 5.74) is 0. The highest BCUT2D eigenvalue weighted by Gasteiger charge is 2.49. The first-order valence-electron chi connectivity index (χ1n) is 8.35. The van der Waals surface area contributed by atoms with E-state index in [9.17, 15) is 13.2 Å². The van der Waals surface area contributed by atoms with E-state index >= 15 is 0 Å². The van der Waals surface area contributed by atoms with E-state index in [-0.39, 0.29) is 6.54 Å². The van der Waals surface area contributed by atoms with Crippen molar-refractivity contribution in [3.8, 4) is 0 Å². The van der Waals surface area contributed by atoms with Crippen LogP contribution < -0.4 is 4.90 Å². The van der Waals surface area contributed by atoms with Crippen molar-refractivity contribution < 1.29 is 26.5 Å². The van der Waals surface area contributed by atoms with Crippen LogP contribution in [0.5, 0.6) is 0 Å². The molecular formula is C13H20N6O6S. The summed E-state index contributed by atoms with van der Waals surface area (Å²) in [6.07, 6.45) is 1.03. The van der Waals surface area contributed by atoms with Crippen molar-refractivity contribution in [3.05, 3.63) is 5.89 Å². The minimum atomic E-state index is -4.76. The topological polar surface area (TPSA) is 133 Å². The van der Waals surface area contributed by atoms with Gasteiger partial charge >= 0.3 is 22.4 Å². The van der Waals surface area contributed by atoms with Crippen LogP contribution in [0.3, 0.4) is 0 Å². The molecule has 0 aliphatic carbocycles. The molecule has 0 spiro atoms. The second kappa shape index (κ2) is 6.33. The summed E-state index contributed by atoms with van der Waals surface area (Å²) in [6, 6.07) is -1.11. The number of hydrogen-bond donors (Lipinski definition) is 1. The van der Waals surface area contributed by atoms with Crippen LogP contribution >= 0.6 is 0 Å². The van der Waals surface area contributed by atoms with E-state index in [2.05, 4.69) is 26.4 Å². The number of aromatic nitrogens is 2. The van der Waals surface area contributed by atoms with E-state index in [1.807, 2.05) is 4.90 Å². The van der Waals surface area contributed by atoms with Crippen molar-refractivity contribution in [3.63, 3.8) is 0 Å². The van der Waals surface area contributed by atoms with Crippen molar-refractivity contribution in [1.82, 2.24) is 25.1 Å². The van der Waals surface area contributed by atoms with Gasteiger partial charge in [-0.1, -0.05) is 5.10 Å². The molecule has 0 aromatic carbocycles. The summed E-state index contributed by atoms with van der Waals surface area (Å²) in [5, 5.41) is 8.89. The fourth-order valence-corrected chi connectivity index (χ4v) is 3.96. The Labute approximate surface area is 150 Å². The Balaban J connectivity index is 1.49. The molecule has 3 aliphatic heterocycles. The third-order valence-corrected chi connectivity index (χ3v) is 5.34. The highest BCUT2D eigenvalue weighted by Crippen LogP contribution is 2.38. The van der Waals surface area contributed by atoms with E-state index < -0.39 is 28.5 Å². The summed E-state index contributed by atoms with van der Waals surface area (Å²) in [4.78, 5) is 18.1. The zero-order valence-electron chi connectivity index (χ0n) is 14.2. The lowest BCUT2D eigenvalue weighted by Gasteiger charge is -2.31. The summed E-state index contributed by atoms with van der Waals surface area (Å²) in [7, 11) is -2.71. The number of amides is 2. The number of nitrogens with zero attached hydrogens (tertiary/aromatic N) is 6. The summed E-state index contributed by atoms with van der Waals surface area (Å²) < 4.78 is 41.0. The number of piperazine rings is 1. The number of urea groups is 1. The maximum absolute atomic E-state index is 12.4. The number of anilines is 1. The Morgan fingerprint density at radius 2 is 1.92 bits per heavy atom. The van der Waals surface area contributed by atoms with Gasteiger partial charge in [0, 0.05) is 32.7 Å². The first kappa shape index (κ1) is 17.5. The van der Waals surface area contributed by atoms with Gasteiger partial charge in [0.25, 0.3) is 0 Å². The van der Waals surface area contributed by atoms with Gasteiger partial charge in [0.2, 0.25) is 5.89 Å². The van der Waals surface area contributed by atoms with Gasteiger partial charge in [-0.3, -0.25) is 4.55 Å². The molecule has 4 rings (SSSR count). The normalized spacial score (nSPS) is 27.5. The lowest BCUT2D eigenvalue weighted by atomic mass is 10.0. The minimum Gasteiger partial charge on any atom is -0.406 e. The molecule has 3 aliphatic rings. The van der Waals surface area contributed by atoms with Crippen LogP contribution in [0.25, 0.3) is 0 Å². The lowest BCUT2D eigenvalue weighted by Crippen LogP contribution is -2.44. The SMILES string of the molecule is CN1CCN(c2nnc(C3CCC4CN3C(=O)N4OS(=O)(=O)O)o2)CC1. The Morgan fingerprint density at radius 3 is 2.62 bits per heavy atom. The molecule has 1 aromatic rings. The number of likely N-dealkylation sites (N-methyl/N-ethyl adjacent to an activating group) is 1. The lowest BCUT2D eigenvalue weighted by molar-refractivity contribution is -0.0317. The molecule has 3 fully saturated rings. The van der Waals surface area contributed by atoms with Crippen molar-refractivity contribution in [2.75, 3.05) is 44.7 Å². The van der Waals surface area contributed by atoms with Gasteiger partial charge in [-0.15, -0.1) is 9.38 Å². The van der Waals surface area contributed by atoms with E-state index in [4.69, 9.17) is 8.97 Å². The Kier molecular flexibility index (Phi) is 4.25. The molecule has 3 saturated heterocycles. The van der Waals surface area contributed by atoms with Crippen LogP contribution in [0.15, 0.2) is 4.42 Å².